The number of nitrogen functional groups attached to an aromatic ring is 1. The molecule has 0 unspecified atom stereocenters. The van der Waals surface area contributed by atoms with Crippen LogP contribution in [0.1, 0.15) is 24.2 Å². The summed E-state index contributed by atoms with van der Waals surface area (Å²) in [4.78, 5) is 16.7. The number of carbonyl (C=O) groups excluding carboxylic acids is 1. The first kappa shape index (κ1) is 15.1. The summed E-state index contributed by atoms with van der Waals surface area (Å²) in [5.74, 6) is 0.698. The zero-order valence-electron chi connectivity index (χ0n) is 12.1. The maximum Gasteiger partial charge on any atom is 0.253 e. The number of nitrogens with zero attached hydrogens (tertiary/aromatic N) is 2. The Bertz CT molecular complexity index is 482. The average Bonchev–Trinajstić information content (AvgIpc) is 2.41. The molecule has 2 rings (SSSR count). The van der Waals surface area contributed by atoms with E-state index in [0.29, 0.717) is 22.2 Å². The number of hydrogen-bond donors (Lipinski definition) is 1. The molecule has 1 aromatic carbocycles. The van der Waals surface area contributed by atoms with E-state index < -0.39 is 0 Å². The molecule has 1 aliphatic rings. The molecule has 4 nitrogen and oxygen atoms in total. The first-order chi connectivity index (χ1) is 9.47. The summed E-state index contributed by atoms with van der Waals surface area (Å²) in [6.45, 7) is 8.94. The van der Waals surface area contributed by atoms with Gasteiger partial charge in [-0.05, 0) is 24.1 Å². The van der Waals surface area contributed by atoms with E-state index in [1.807, 2.05) is 4.90 Å². The summed E-state index contributed by atoms with van der Waals surface area (Å²) in [6.07, 6.45) is 0. The first-order valence-electron chi connectivity index (χ1n) is 7.04. The Labute approximate surface area is 125 Å². The molecule has 1 amide bonds. The Morgan fingerprint density at radius 2 is 1.95 bits per heavy atom. The molecule has 0 radical (unpaired) electrons. The molecule has 110 valence electrons. The van der Waals surface area contributed by atoms with Crippen LogP contribution in [-0.2, 0) is 0 Å². The van der Waals surface area contributed by atoms with Crippen molar-refractivity contribution in [1.29, 1.82) is 0 Å². The van der Waals surface area contributed by atoms with Crippen molar-refractivity contribution in [3.63, 3.8) is 0 Å². The fourth-order valence-electron chi connectivity index (χ4n) is 2.49. The smallest absolute Gasteiger partial charge is 0.253 e. The summed E-state index contributed by atoms with van der Waals surface area (Å²) in [5, 5.41) is 0.439. The van der Waals surface area contributed by atoms with Gasteiger partial charge >= 0.3 is 0 Å². The second-order valence-electron chi connectivity index (χ2n) is 5.72. The van der Waals surface area contributed by atoms with Gasteiger partial charge in [-0.3, -0.25) is 9.69 Å². The molecule has 1 fully saturated rings. The van der Waals surface area contributed by atoms with E-state index in [-0.39, 0.29) is 5.91 Å². The highest BCUT2D eigenvalue weighted by Crippen LogP contribution is 2.21. The third-order valence-corrected chi connectivity index (χ3v) is 3.86. The van der Waals surface area contributed by atoms with Crippen LogP contribution in [0.4, 0.5) is 5.69 Å². The molecular weight excluding hydrogens is 274 g/mol. The number of rotatable bonds is 3. The van der Waals surface area contributed by atoms with Crippen molar-refractivity contribution in [1.82, 2.24) is 9.80 Å². The minimum absolute atomic E-state index is 0.0381. The van der Waals surface area contributed by atoms with Gasteiger partial charge in [-0.1, -0.05) is 25.4 Å². The van der Waals surface area contributed by atoms with Crippen LogP contribution in [0.2, 0.25) is 5.02 Å². The van der Waals surface area contributed by atoms with Gasteiger partial charge in [-0.25, -0.2) is 0 Å². The van der Waals surface area contributed by atoms with Crippen molar-refractivity contribution in [2.75, 3.05) is 38.5 Å². The molecule has 20 heavy (non-hydrogen) atoms. The molecule has 1 aromatic rings. The van der Waals surface area contributed by atoms with Gasteiger partial charge in [0.05, 0.1) is 10.7 Å². The van der Waals surface area contributed by atoms with Crippen LogP contribution in [0.25, 0.3) is 0 Å². The zero-order chi connectivity index (χ0) is 14.7. The second-order valence-corrected chi connectivity index (χ2v) is 6.13. The highest BCUT2D eigenvalue weighted by molar-refractivity contribution is 6.33. The van der Waals surface area contributed by atoms with E-state index in [9.17, 15) is 4.79 Å². The predicted molar refractivity (Wildman–Crippen MR) is 83.0 cm³/mol. The Morgan fingerprint density at radius 3 is 2.50 bits per heavy atom. The standard InChI is InChI=1S/C15H22ClN3O/c1-11(2)10-18-5-7-19(8-6-18)15(20)12-3-4-14(17)13(16)9-12/h3-4,9,11H,5-8,10,17H2,1-2H3. The quantitative estimate of drug-likeness (QED) is 0.871. The first-order valence-corrected chi connectivity index (χ1v) is 7.42. The Hall–Kier alpha value is -1.26. The molecule has 0 bridgehead atoms. The lowest BCUT2D eigenvalue weighted by Gasteiger charge is -2.35. The number of halogens is 1. The van der Waals surface area contributed by atoms with Gasteiger partial charge in [-0.2, -0.15) is 0 Å². The molecular formula is C15H22ClN3O. The molecule has 2 N–H and O–H groups in total. The molecule has 1 saturated heterocycles. The van der Waals surface area contributed by atoms with Crippen molar-refractivity contribution < 1.29 is 4.79 Å². The monoisotopic (exact) mass is 295 g/mol. The summed E-state index contributed by atoms with van der Waals surface area (Å²) in [7, 11) is 0. The Morgan fingerprint density at radius 1 is 1.30 bits per heavy atom. The Balaban J connectivity index is 1.96. The zero-order valence-corrected chi connectivity index (χ0v) is 12.9. The third kappa shape index (κ3) is 3.64. The van der Waals surface area contributed by atoms with Crippen LogP contribution in [0.5, 0.6) is 0 Å². The summed E-state index contributed by atoms with van der Waals surface area (Å²) in [6, 6.07) is 5.08. The highest BCUT2D eigenvalue weighted by Gasteiger charge is 2.22. The fraction of sp³-hybridized carbons (Fsp3) is 0.533. The highest BCUT2D eigenvalue weighted by atomic mass is 35.5. The summed E-state index contributed by atoms with van der Waals surface area (Å²) in [5.41, 5.74) is 6.79. The van der Waals surface area contributed by atoms with Crippen molar-refractivity contribution in [3.05, 3.63) is 28.8 Å². The maximum absolute atomic E-state index is 12.4. The van der Waals surface area contributed by atoms with E-state index in [1.165, 1.54) is 0 Å². The normalized spacial score (nSPS) is 16.7. The largest absolute Gasteiger partial charge is 0.398 e. The van der Waals surface area contributed by atoms with Gasteiger partial charge < -0.3 is 10.6 Å². The van der Waals surface area contributed by atoms with Gasteiger partial charge in [-0.15, -0.1) is 0 Å². The topological polar surface area (TPSA) is 49.6 Å². The van der Waals surface area contributed by atoms with E-state index in [1.54, 1.807) is 18.2 Å². The number of benzene rings is 1. The average molecular weight is 296 g/mol. The molecule has 0 atom stereocenters. The van der Waals surface area contributed by atoms with E-state index in [2.05, 4.69) is 18.7 Å². The molecule has 5 heteroatoms. The van der Waals surface area contributed by atoms with Crippen LogP contribution < -0.4 is 5.73 Å². The molecule has 0 saturated carbocycles. The minimum Gasteiger partial charge on any atom is -0.398 e. The van der Waals surface area contributed by atoms with Gasteiger partial charge in [0, 0.05) is 38.3 Å². The van der Waals surface area contributed by atoms with Crippen LogP contribution in [0.15, 0.2) is 18.2 Å². The maximum atomic E-state index is 12.4. The number of amides is 1. The summed E-state index contributed by atoms with van der Waals surface area (Å²) >= 11 is 5.97. The van der Waals surface area contributed by atoms with Crippen LogP contribution in [0, 0.1) is 5.92 Å². The lowest BCUT2D eigenvalue weighted by molar-refractivity contribution is 0.0624. The van der Waals surface area contributed by atoms with Gasteiger partial charge in [0.2, 0.25) is 0 Å². The van der Waals surface area contributed by atoms with Crippen molar-refractivity contribution in [2.45, 2.75) is 13.8 Å². The summed E-state index contributed by atoms with van der Waals surface area (Å²) < 4.78 is 0. The molecule has 1 aliphatic heterocycles. The molecule has 1 heterocycles. The SMILES string of the molecule is CC(C)CN1CCN(C(=O)c2ccc(N)c(Cl)c2)CC1. The molecule has 0 aromatic heterocycles. The van der Waals surface area contributed by atoms with Crippen molar-refractivity contribution in [3.8, 4) is 0 Å². The van der Waals surface area contributed by atoms with Gasteiger partial charge in [0.15, 0.2) is 0 Å². The van der Waals surface area contributed by atoms with Crippen LogP contribution in [0.3, 0.4) is 0 Å². The molecule has 0 aliphatic carbocycles. The predicted octanol–water partition coefficient (Wildman–Crippen LogP) is 2.34. The van der Waals surface area contributed by atoms with Crippen molar-refractivity contribution in [2.24, 2.45) is 5.92 Å². The van der Waals surface area contributed by atoms with E-state index in [0.717, 1.165) is 32.7 Å². The Kier molecular flexibility index (Phi) is 4.89. The second kappa shape index (κ2) is 6.46. The van der Waals surface area contributed by atoms with E-state index >= 15 is 0 Å². The fourth-order valence-corrected chi connectivity index (χ4v) is 2.67. The van der Waals surface area contributed by atoms with E-state index in [4.69, 9.17) is 17.3 Å². The third-order valence-electron chi connectivity index (χ3n) is 3.53. The van der Waals surface area contributed by atoms with Crippen LogP contribution >= 0.6 is 11.6 Å². The number of carbonyl (C=O) groups is 1. The number of nitrogens with two attached hydrogens (primary N) is 1. The lowest BCUT2D eigenvalue weighted by atomic mass is 10.1. The number of hydrogen-bond acceptors (Lipinski definition) is 3. The van der Waals surface area contributed by atoms with Gasteiger partial charge in [0.1, 0.15) is 0 Å². The van der Waals surface area contributed by atoms with Crippen LogP contribution in [-0.4, -0.2) is 48.4 Å². The number of anilines is 1. The molecule has 0 spiro atoms. The number of piperazine rings is 1. The van der Waals surface area contributed by atoms with Gasteiger partial charge in [0.25, 0.3) is 5.91 Å². The minimum atomic E-state index is 0.0381. The lowest BCUT2D eigenvalue weighted by Crippen LogP contribution is -2.49. The van der Waals surface area contributed by atoms with Crippen molar-refractivity contribution >= 4 is 23.2 Å².